The molecule has 5 heteroatoms. The lowest BCUT2D eigenvalue weighted by molar-refractivity contribution is 0.704. The maximum Gasteiger partial charge on any atom is 0.256 e. The van der Waals surface area contributed by atoms with E-state index in [0.29, 0.717) is 5.56 Å². The Morgan fingerprint density at radius 3 is 3.17 bits per heavy atom. The summed E-state index contributed by atoms with van der Waals surface area (Å²) in [5.41, 5.74) is 6.34. The van der Waals surface area contributed by atoms with E-state index in [1.165, 1.54) is 6.33 Å². The minimum absolute atomic E-state index is 0.107. The molecule has 2 rings (SSSR count). The molecule has 0 aliphatic carbocycles. The summed E-state index contributed by atoms with van der Waals surface area (Å²) in [7, 11) is 0. The van der Waals surface area contributed by atoms with Crippen LogP contribution in [0.4, 0.5) is 0 Å². The van der Waals surface area contributed by atoms with E-state index in [1.54, 1.807) is 11.8 Å². The van der Waals surface area contributed by atoms with Crippen molar-refractivity contribution in [3.05, 3.63) is 22.2 Å². The molecule has 0 bridgehead atoms. The fourth-order valence-electron chi connectivity index (χ4n) is 1.27. The third-order valence-electron chi connectivity index (χ3n) is 1.99. The minimum Gasteiger partial charge on any atom is -0.323 e. The highest BCUT2D eigenvalue weighted by Crippen LogP contribution is 2.38. The van der Waals surface area contributed by atoms with Crippen LogP contribution in [0.5, 0.6) is 0 Å². The quantitative estimate of drug-likeness (QED) is 0.566. The van der Waals surface area contributed by atoms with Crippen LogP contribution in [0.3, 0.4) is 0 Å². The van der Waals surface area contributed by atoms with E-state index in [4.69, 9.17) is 5.73 Å². The van der Waals surface area contributed by atoms with Crippen molar-refractivity contribution < 1.29 is 0 Å². The average molecular weight is 183 g/mol. The molecule has 0 fully saturated rings. The van der Waals surface area contributed by atoms with Gasteiger partial charge in [-0.25, -0.2) is 4.98 Å². The van der Waals surface area contributed by atoms with Crippen molar-refractivity contribution in [3.8, 4) is 0 Å². The first-order valence-electron chi connectivity index (χ1n) is 3.70. The molecule has 0 aromatic carbocycles. The van der Waals surface area contributed by atoms with Crippen molar-refractivity contribution >= 4 is 11.8 Å². The highest BCUT2D eigenvalue weighted by molar-refractivity contribution is 8.00. The second kappa shape index (κ2) is 2.60. The number of thioether (sulfide) groups is 1. The molecule has 3 N–H and O–H groups in total. The molecular formula is C7H9N3OS. The summed E-state index contributed by atoms with van der Waals surface area (Å²) in [6, 6.07) is -0.178. The van der Waals surface area contributed by atoms with E-state index in [-0.39, 0.29) is 16.9 Å². The van der Waals surface area contributed by atoms with E-state index in [2.05, 4.69) is 9.97 Å². The Kier molecular flexibility index (Phi) is 1.69. The molecule has 2 heterocycles. The van der Waals surface area contributed by atoms with Crippen LogP contribution >= 0.6 is 11.8 Å². The summed E-state index contributed by atoms with van der Waals surface area (Å²) >= 11 is 1.56. The molecule has 1 aliphatic heterocycles. The second-order valence-electron chi connectivity index (χ2n) is 2.80. The molecule has 0 unspecified atom stereocenters. The summed E-state index contributed by atoms with van der Waals surface area (Å²) < 4.78 is 0. The van der Waals surface area contributed by atoms with Gasteiger partial charge in [0.25, 0.3) is 5.56 Å². The molecule has 64 valence electrons. The highest BCUT2D eigenvalue weighted by Gasteiger charge is 2.30. The largest absolute Gasteiger partial charge is 0.323 e. The van der Waals surface area contributed by atoms with Crippen LogP contribution in [0, 0.1) is 0 Å². The molecule has 0 saturated heterocycles. The van der Waals surface area contributed by atoms with Crippen LogP contribution < -0.4 is 11.3 Å². The Labute approximate surface area is 73.6 Å². The molecule has 1 aliphatic rings. The second-order valence-corrected chi connectivity index (χ2v) is 4.17. The van der Waals surface area contributed by atoms with Gasteiger partial charge >= 0.3 is 0 Å². The number of nitrogens with one attached hydrogen (secondary N) is 1. The Balaban J connectivity index is 2.62. The van der Waals surface area contributed by atoms with Crippen LogP contribution in [-0.2, 0) is 0 Å². The Morgan fingerprint density at radius 2 is 2.50 bits per heavy atom. The third-order valence-corrected chi connectivity index (χ3v) is 3.20. The van der Waals surface area contributed by atoms with Gasteiger partial charge in [-0.05, 0) is 0 Å². The maximum atomic E-state index is 11.3. The monoisotopic (exact) mass is 183 g/mol. The first kappa shape index (κ1) is 7.82. The first-order chi connectivity index (χ1) is 5.70. The Morgan fingerprint density at radius 1 is 1.75 bits per heavy atom. The van der Waals surface area contributed by atoms with Gasteiger partial charge in [-0.15, -0.1) is 11.8 Å². The van der Waals surface area contributed by atoms with E-state index in [1.807, 2.05) is 6.92 Å². The van der Waals surface area contributed by atoms with Crippen LogP contribution in [0.1, 0.15) is 18.5 Å². The average Bonchev–Trinajstić information content (AvgIpc) is 2.29. The fraction of sp³-hybridized carbons (Fsp3) is 0.429. The van der Waals surface area contributed by atoms with E-state index >= 15 is 0 Å². The highest BCUT2D eigenvalue weighted by atomic mass is 32.2. The molecular weight excluding hydrogens is 174 g/mol. The van der Waals surface area contributed by atoms with E-state index in [9.17, 15) is 4.79 Å². The van der Waals surface area contributed by atoms with E-state index in [0.717, 1.165) is 5.03 Å². The molecule has 12 heavy (non-hydrogen) atoms. The zero-order valence-electron chi connectivity index (χ0n) is 6.57. The van der Waals surface area contributed by atoms with Gasteiger partial charge in [0.2, 0.25) is 0 Å². The standard InChI is InChI=1S/C7H9N3OS/c1-3-5(8)4-6(11)9-2-10-7(4)12-3/h2-3,5H,8H2,1H3,(H,9,10,11)/t3-,5+/m1/s1. The SMILES string of the molecule is C[C@H]1Sc2nc[nH]c(=O)c2[C@H]1N. The van der Waals surface area contributed by atoms with Gasteiger partial charge in [0.1, 0.15) is 5.03 Å². The number of nitrogens with zero attached hydrogens (tertiary/aromatic N) is 1. The summed E-state index contributed by atoms with van der Waals surface area (Å²) in [5.74, 6) is 0. The van der Waals surface area contributed by atoms with Crippen molar-refractivity contribution in [1.82, 2.24) is 9.97 Å². The van der Waals surface area contributed by atoms with Crippen LogP contribution in [0.25, 0.3) is 0 Å². The molecule has 1 aromatic rings. The minimum atomic E-state index is -0.178. The molecule has 1 aromatic heterocycles. The van der Waals surface area contributed by atoms with Gasteiger partial charge in [-0.1, -0.05) is 6.92 Å². The lowest BCUT2D eigenvalue weighted by atomic mass is 10.1. The molecule has 0 spiro atoms. The van der Waals surface area contributed by atoms with Crippen molar-refractivity contribution in [1.29, 1.82) is 0 Å². The van der Waals surface area contributed by atoms with Crippen molar-refractivity contribution in [2.75, 3.05) is 0 Å². The maximum absolute atomic E-state index is 11.3. The number of rotatable bonds is 0. The molecule has 4 nitrogen and oxygen atoms in total. The summed E-state index contributed by atoms with van der Waals surface area (Å²) in [6.07, 6.45) is 1.42. The van der Waals surface area contributed by atoms with Crippen molar-refractivity contribution in [2.24, 2.45) is 5.73 Å². The Bertz CT molecular complexity index is 362. The number of aromatic amines is 1. The van der Waals surface area contributed by atoms with Crippen molar-refractivity contribution in [3.63, 3.8) is 0 Å². The number of aromatic nitrogens is 2. The molecule has 0 amide bonds. The third kappa shape index (κ3) is 0.971. The number of nitrogens with two attached hydrogens (primary N) is 1. The number of hydrogen-bond acceptors (Lipinski definition) is 4. The van der Waals surface area contributed by atoms with Gasteiger partial charge in [-0.2, -0.15) is 0 Å². The van der Waals surface area contributed by atoms with Gasteiger partial charge in [-0.3, -0.25) is 4.79 Å². The number of H-pyrrole nitrogens is 1. The van der Waals surface area contributed by atoms with Gasteiger partial charge < -0.3 is 10.7 Å². The molecule has 2 atom stereocenters. The summed E-state index contributed by atoms with van der Waals surface area (Å²) in [4.78, 5) is 17.8. The van der Waals surface area contributed by atoms with Crippen LogP contribution in [-0.4, -0.2) is 15.2 Å². The fourth-order valence-corrected chi connectivity index (χ4v) is 2.37. The van der Waals surface area contributed by atoms with Crippen molar-refractivity contribution in [2.45, 2.75) is 23.2 Å². The topological polar surface area (TPSA) is 71.8 Å². The van der Waals surface area contributed by atoms with E-state index < -0.39 is 0 Å². The first-order valence-corrected chi connectivity index (χ1v) is 4.58. The lowest BCUT2D eigenvalue weighted by Gasteiger charge is -2.05. The normalized spacial score (nSPS) is 27.2. The molecule has 0 radical (unpaired) electrons. The van der Waals surface area contributed by atoms with Crippen LogP contribution in [0.2, 0.25) is 0 Å². The predicted octanol–water partition coefficient (Wildman–Crippen LogP) is 0.264. The van der Waals surface area contributed by atoms with Crippen LogP contribution in [0.15, 0.2) is 16.1 Å². The summed E-state index contributed by atoms with van der Waals surface area (Å²) in [5, 5.41) is 1.02. The van der Waals surface area contributed by atoms with Gasteiger partial charge in [0.15, 0.2) is 0 Å². The van der Waals surface area contributed by atoms with Gasteiger partial charge in [0, 0.05) is 11.3 Å². The Hall–Kier alpha value is -0.810. The molecule has 0 saturated carbocycles. The lowest BCUT2D eigenvalue weighted by Crippen LogP contribution is -2.24. The summed E-state index contributed by atoms with van der Waals surface area (Å²) in [6.45, 7) is 2.00. The zero-order valence-corrected chi connectivity index (χ0v) is 7.39. The predicted molar refractivity (Wildman–Crippen MR) is 47.1 cm³/mol. The van der Waals surface area contributed by atoms with Gasteiger partial charge in [0.05, 0.1) is 11.9 Å². The zero-order chi connectivity index (χ0) is 8.72. The number of fused-ring (bicyclic) bond motifs is 1. The number of hydrogen-bond donors (Lipinski definition) is 2. The smallest absolute Gasteiger partial charge is 0.256 e.